The van der Waals surface area contributed by atoms with Gasteiger partial charge in [0.1, 0.15) is 0 Å². The first-order valence-corrected chi connectivity index (χ1v) is 7.47. The number of nitrogens with zero attached hydrogens (tertiary/aromatic N) is 2. The molecule has 1 aliphatic heterocycles. The van der Waals surface area contributed by atoms with Crippen LogP contribution < -0.4 is 5.32 Å². The van der Waals surface area contributed by atoms with Crippen molar-refractivity contribution >= 4 is 17.2 Å². The van der Waals surface area contributed by atoms with Crippen LogP contribution in [0.1, 0.15) is 12.1 Å². The molecule has 0 aliphatic carbocycles. The van der Waals surface area contributed by atoms with E-state index in [1.54, 1.807) is 23.7 Å². The Morgan fingerprint density at radius 1 is 1.45 bits per heavy atom. The van der Waals surface area contributed by atoms with E-state index in [9.17, 15) is 4.79 Å². The molecule has 1 saturated heterocycles. The minimum atomic E-state index is -0.0312. The maximum atomic E-state index is 12.0. The van der Waals surface area contributed by atoms with Gasteiger partial charge in [-0.25, -0.2) is 0 Å². The molecule has 2 aromatic rings. The zero-order chi connectivity index (χ0) is 13.8. The average molecular weight is 289 g/mol. The molecule has 0 bridgehead atoms. The van der Waals surface area contributed by atoms with E-state index in [2.05, 4.69) is 15.3 Å². The standard InChI is InChI=1S/C14H15N3O2S/c18-14(10-1-5-19-8-10)17-7-12-13(16-4-3-15-12)11-2-6-20-9-11/h2-4,6,9-10H,1,5,7-8H2,(H,17,18). The van der Waals surface area contributed by atoms with Crippen molar-refractivity contribution in [2.75, 3.05) is 13.2 Å². The number of ether oxygens (including phenoxy) is 1. The van der Waals surface area contributed by atoms with Gasteiger partial charge in [0, 0.05) is 29.9 Å². The lowest BCUT2D eigenvalue weighted by Gasteiger charge is -2.10. The maximum Gasteiger partial charge on any atom is 0.225 e. The number of hydrogen-bond donors (Lipinski definition) is 1. The second kappa shape index (κ2) is 6.11. The summed E-state index contributed by atoms with van der Waals surface area (Å²) in [5, 5.41) is 6.96. The zero-order valence-electron chi connectivity index (χ0n) is 10.9. The fourth-order valence-electron chi connectivity index (χ4n) is 2.19. The summed E-state index contributed by atoms with van der Waals surface area (Å²) in [4.78, 5) is 20.7. The Morgan fingerprint density at radius 2 is 2.35 bits per heavy atom. The topological polar surface area (TPSA) is 64.1 Å². The summed E-state index contributed by atoms with van der Waals surface area (Å²) >= 11 is 1.62. The fraction of sp³-hybridized carbons (Fsp3) is 0.357. The summed E-state index contributed by atoms with van der Waals surface area (Å²) in [6.07, 6.45) is 4.11. The highest BCUT2D eigenvalue weighted by Gasteiger charge is 2.23. The summed E-state index contributed by atoms with van der Waals surface area (Å²) in [5.41, 5.74) is 2.66. The zero-order valence-corrected chi connectivity index (χ0v) is 11.7. The van der Waals surface area contributed by atoms with Gasteiger partial charge in [0.25, 0.3) is 0 Å². The highest BCUT2D eigenvalue weighted by Crippen LogP contribution is 2.22. The SMILES string of the molecule is O=C(NCc1nccnc1-c1ccsc1)C1CCOC1. The lowest BCUT2D eigenvalue weighted by atomic mass is 10.1. The number of rotatable bonds is 4. The molecular weight excluding hydrogens is 274 g/mol. The number of aromatic nitrogens is 2. The first-order chi connectivity index (χ1) is 9.84. The summed E-state index contributed by atoms with van der Waals surface area (Å²) < 4.78 is 5.23. The van der Waals surface area contributed by atoms with Crippen molar-refractivity contribution in [3.05, 3.63) is 34.9 Å². The molecule has 3 rings (SSSR count). The Labute approximate surface area is 121 Å². The maximum absolute atomic E-state index is 12.0. The number of hydrogen-bond acceptors (Lipinski definition) is 5. The molecule has 0 radical (unpaired) electrons. The molecule has 1 N–H and O–H groups in total. The molecule has 104 valence electrons. The Hall–Kier alpha value is -1.79. The summed E-state index contributed by atoms with van der Waals surface area (Å²) in [6.45, 7) is 1.58. The number of nitrogens with one attached hydrogen (secondary N) is 1. The van der Waals surface area contributed by atoms with Crippen LogP contribution in [0.25, 0.3) is 11.3 Å². The molecule has 0 saturated carbocycles. The fourth-order valence-corrected chi connectivity index (χ4v) is 2.83. The molecule has 2 aromatic heterocycles. The van der Waals surface area contributed by atoms with Crippen molar-refractivity contribution in [1.29, 1.82) is 0 Å². The van der Waals surface area contributed by atoms with E-state index < -0.39 is 0 Å². The second-order valence-corrected chi connectivity index (χ2v) is 5.42. The van der Waals surface area contributed by atoms with Crippen LogP contribution in [0.15, 0.2) is 29.2 Å². The van der Waals surface area contributed by atoms with Crippen LogP contribution in [0.5, 0.6) is 0 Å². The van der Waals surface area contributed by atoms with Crippen LogP contribution in [0.3, 0.4) is 0 Å². The predicted octanol–water partition coefficient (Wildman–Crippen LogP) is 1.86. The first kappa shape index (κ1) is 13.2. The molecule has 5 nitrogen and oxygen atoms in total. The Morgan fingerprint density at radius 3 is 3.10 bits per heavy atom. The largest absolute Gasteiger partial charge is 0.381 e. The van der Waals surface area contributed by atoms with Crippen molar-refractivity contribution < 1.29 is 9.53 Å². The van der Waals surface area contributed by atoms with Gasteiger partial charge >= 0.3 is 0 Å². The van der Waals surface area contributed by atoms with Gasteiger partial charge in [-0.2, -0.15) is 11.3 Å². The van der Waals surface area contributed by atoms with Gasteiger partial charge in [-0.1, -0.05) is 0 Å². The van der Waals surface area contributed by atoms with Crippen molar-refractivity contribution in [2.45, 2.75) is 13.0 Å². The third-order valence-corrected chi connectivity index (χ3v) is 3.98. The molecule has 20 heavy (non-hydrogen) atoms. The average Bonchev–Trinajstić information content (AvgIpc) is 3.17. The van der Waals surface area contributed by atoms with E-state index >= 15 is 0 Å². The summed E-state index contributed by atoms with van der Waals surface area (Å²) in [5.74, 6) is 0.000639. The minimum Gasteiger partial charge on any atom is -0.381 e. The molecule has 0 spiro atoms. The molecule has 1 amide bonds. The Bertz CT molecular complexity index is 580. The third kappa shape index (κ3) is 2.86. The van der Waals surface area contributed by atoms with Crippen LogP contribution >= 0.6 is 11.3 Å². The monoisotopic (exact) mass is 289 g/mol. The van der Waals surface area contributed by atoms with Gasteiger partial charge in [-0.15, -0.1) is 0 Å². The second-order valence-electron chi connectivity index (χ2n) is 4.64. The van der Waals surface area contributed by atoms with Crippen molar-refractivity contribution in [3.8, 4) is 11.3 Å². The number of carbonyl (C=O) groups excluding carboxylic acids is 1. The van der Waals surface area contributed by atoms with E-state index in [1.165, 1.54) is 0 Å². The van der Waals surface area contributed by atoms with Gasteiger partial charge in [0.2, 0.25) is 5.91 Å². The lowest BCUT2D eigenvalue weighted by Crippen LogP contribution is -2.31. The van der Waals surface area contributed by atoms with E-state index in [-0.39, 0.29) is 11.8 Å². The molecule has 1 atom stereocenters. The number of thiophene rings is 1. The van der Waals surface area contributed by atoms with Crippen LogP contribution in [-0.2, 0) is 16.1 Å². The quantitative estimate of drug-likeness (QED) is 0.933. The van der Waals surface area contributed by atoms with Crippen molar-refractivity contribution in [3.63, 3.8) is 0 Å². The van der Waals surface area contributed by atoms with Crippen LogP contribution in [0.2, 0.25) is 0 Å². The van der Waals surface area contributed by atoms with Gasteiger partial charge in [-0.3, -0.25) is 14.8 Å². The summed E-state index contributed by atoms with van der Waals surface area (Å²) in [7, 11) is 0. The van der Waals surface area contributed by atoms with E-state index in [0.29, 0.717) is 19.8 Å². The number of amides is 1. The molecule has 3 heterocycles. The minimum absolute atomic E-state index is 0.0312. The molecular formula is C14H15N3O2S. The van der Waals surface area contributed by atoms with E-state index in [0.717, 1.165) is 23.4 Å². The van der Waals surface area contributed by atoms with Gasteiger partial charge in [0.15, 0.2) is 0 Å². The van der Waals surface area contributed by atoms with Gasteiger partial charge < -0.3 is 10.1 Å². The first-order valence-electron chi connectivity index (χ1n) is 6.52. The molecule has 1 unspecified atom stereocenters. The van der Waals surface area contributed by atoms with E-state index in [4.69, 9.17) is 4.74 Å². The molecule has 6 heteroatoms. The molecule has 1 aliphatic rings. The smallest absolute Gasteiger partial charge is 0.225 e. The summed E-state index contributed by atoms with van der Waals surface area (Å²) in [6, 6.07) is 2.00. The van der Waals surface area contributed by atoms with Crippen LogP contribution in [0, 0.1) is 5.92 Å². The lowest BCUT2D eigenvalue weighted by molar-refractivity contribution is -0.125. The highest BCUT2D eigenvalue weighted by atomic mass is 32.1. The normalized spacial score (nSPS) is 18.1. The number of carbonyl (C=O) groups is 1. The Kier molecular flexibility index (Phi) is 4.03. The predicted molar refractivity (Wildman–Crippen MR) is 76.1 cm³/mol. The highest BCUT2D eigenvalue weighted by molar-refractivity contribution is 7.08. The molecule has 1 fully saturated rings. The van der Waals surface area contributed by atoms with Crippen LogP contribution in [-0.4, -0.2) is 29.1 Å². The molecule has 0 aromatic carbocycles. The van der Waals surface area contributed by atoms with Crippen molar-refractivity contribution in [1.82, 2.24) is 15.3 Å². The van der Waals surface area contributed by atoms with Crippen molar-refractivity contribution in [2.24, 2.45) is 5.92 Å². The van der Waals surface area contributed by atoms with Gasteiger partial charge in [-0.05, 0) is 17.9 Å². The van der Waals surface area contributed by atoms with Gasteiger partial charge in [0.05, 0.1) is 30.5 Å². The van der Waals surface area contributed by atoms with Crippen LogP contribution in [0.4, 0.5) is 0 Å². The Balaban J connectivity index is 1.70. The van der Waals surface area contributed by atoms with E-state index in [1.807, 2.05) is 16.8 Å². The third-order valence-electron chi connectivity index (χ3n) is 3.30.